The molecule has 76 valence electrons. The van der Waals surface area contributed by atoms with Gasteiger partial charge in [-0.15, -0.1) is 0 Å². The van der Waals surface area contributed by atoms with E-state index in [0.717, 1.165) is 11.3 Å². The van der Waals surface area contributed by atoms with E-state index in [-0.39, 0.29) is 5.91 Å². The summed E-state index contributed by atoms with van der Waals surface area (Å²) in [6.45, 7) is 0. The molecule has 0 saturated carbocycles. The molecule has 0 heterocycles. The minimum atomic E-state index is 0.0958. The number of likely N-dealkylation sites (N-methyl/N-ethyl adjacent to an activating group) is 1. The smallest absolute Gasteiger partial charge is 0.226 e. The number of nitrogens with two attached hydrogens (primary N) is 1. The average molecular weight is 193 g/mol. The second-order valence-electron chi connectivity index (χ2n) is 3.31. The summed E-state index contributed by atoms with van der Waals surface area (Å²) in [4.78, 5) is 12.9. The summed E-state index contributed by atoms with van der Waals surface area (Å²) in [7, 11) is 3.50. The highest BCUT2D eigenvalue weighted by atomic mass is 16.2. The standard InChI is InChI=1S/C10H15N3O/c1-13(2)10(14)7-8-3-5-9(12-11)6-4-8/h3-6,12H,7,11H2,1-2H3. The molecule has 0 bridgehead atoms. The lowest BCUT2D eigenvalue weighted by Crippen LogP contribution is -2.23. The van der Waals surface area contributed by atoms with Gasteiger partial charge in [-0.05, 0) is 17.7 Å². The summed E-state index contributed by atoms with van der Waals surface area (Å²) in [5.74, 6) is 5.32. The maximum Gasteiger partial charge on any atom is 0.226 e. The molecule has 0 atom stereocenters. The highest BCUT2D eigenvalue weighted by Gasteiger charge is 2.04. The number of hydrogen-bond donors (Lipinski definition) is 2. The van der Waals surface area contributed by atoms with Crippen molar-refractivity contribution < 1.29 is 4.79 Å². The molecule has 0 saturated heterocycles. The van der Waals surface area contributed by atoms with Crippen molar-refractivity contribution in [1.29, 1.82) is 0 Å². The minimum absolute atomic E-state index is 0.0958. The molecular weight excluding hydrogens is 178 g/mol. The first-order chi connectivity index (χ1) is 6.63. The van der Waals surface area contributed by atoms with E-state index in [1.165, 1.54) is 0 Å². The number of hydrazine groups is 1. The highest BCUT2D eigenvalue weighted by Crippen LogP contribution is 2.08. The normalized spacial score (nSPS) is 9.64. The molecule has 0 aliphatic carbocycles. The van der Waals surface area contributed by atoms with E-state index >= 15 is 0 Å². The van der Waals surface area contributed by atoms with Crippen LogP contribution in [0.15, 0.2) is 24.3 Å². The van der Waals surface area contributed by atoms with Gasteiger partial charge in [-0.2, -0.15) is 0 Å². The second-order valence-corrected chi connectivity index (χ2v) is 3.31. The lowest BCUT2D eigenvalue weighted by molar-refractivity contribution is -0.127. The molecule has 0 aliphatic heterocycles. The Labute approximate surface area is 83.7 Å². The number of carbonyl (C=O) groups is 1. The van der Waals surface area contributed by atoms with E-state index in [9.17, 15) is 4.79 Å². The fraction of sp³-hybridized carbons (Fsp3) is 0.300. The number of benzene rings is 1. The molecule has 1 aromatic carbocycles. The summed E-state index contributed by atoms with van der Waals surface area (Å²) >= 11 is 0. The van der Waals surface area contributed by atoms with Gasteiger partial charge in [0.05, 0.1) is 6.42 Å². The molecular formula is C10H15N3O. The van der Waals surface area contributed by atoms with Gasteiger partial charge in [-0.25, -0.2) is 0 Å². The fourth-order valence-electron chi connectivity index (χ4n) is 1.05. The van der Waals surface area contributed by atoms with Crippen LogP contribution in [-0.4, -0.2) is 24.9 Å². The minimum Gasteiger partial charge on any atom is -0.349 e. The Kier molecular flexibility index (Phi) is 3.48. The van der Waals surface area contributed by atoms with Crippen LogP contribution in [0.1, 0.15) is 5.56 Å². The van der Waals surface area contributed by atoms with Crippen molar-refractivity contribution in [2.45, 2.75) is 6.42 Å². The first-order valence-electron chi connectivity index (χ1n) is 4.39. The molecule has 14 heavy (non-hydrogen) atoms. The van der Waals surface area contributed by atoms with E-state index in [1.54, 1.807) is 19.0 Å². The summed E-state index contributed by atoms with van der Waals surface area (Å²) < 4.78 is 0. The van der Waals surface area contributed by atoms with Crippen molar-refractivity contribution in [3.05, 3.63) is 29.8 Å². The molecule has 0 fully saturated rings. The van der Waals surface area contributed by atoms with Crippen LogP contribution in [0.3, 0.4) is 0 Å². The molecule has 1 rings (SSSR count). The van der Waals surface area contributed by atoms with Crippen LogP contribution in [0, 0.1) is 0 Å². The van der Waals surface area contributed by atoms with Crippen molar-refractivity contribution in [3.8, 4) is 0 Å². The molecule has 4 heteroatoms. The first-order valence-corrected chi connectivity index (χ1v) is 4.39. The number of nitrogens with zero attached hydrogens (tertiary/aromatic N) is 1. The molecule has 3 N–H and O–H groups in total. The summed E-state index contributed by atoms with van der Waals surface area (Å²) in [5, 5.41) is 0. The van der Waals surface area contributed by atoms with Crippen LogP contribution in [0.4, 0.5) is 5.69 Å². The van der Waals surface area contributed by atoms with Crippen molar-refractivity contribution in [1.82, 2.24) is 4.90 Å². The van der Waals surface area contributed by atoms with Crippen molar-refractivity contribution in [3.63, 3.8) is 0 Å². The highest BCUT2D eigenvalue weighted by molar-refractivity contribution is 5.78. The number of nitrogens with one attached hydrogen (secondary N) is 1. The Morgan fingerprint density at radius 1 is 1.36 bits per heavy atom. The van der Waals surface area contributed by atoms with Gasteiger partial charge in [0, 0.05) is 19.8 Å². The van der Waals surface area contributed by atoms with E-state index in [1.807, 2.05) is 24.3 Å². The van der Waals surface area contributed by atoms with Gasteiger partial charge in [0.25, 0.3) is 0 Å². The molecule has 4 nitrogen and oxygen atoms in total. The molecule has 0 unspecified atom stereocenters. The molecule has 0 aromatic heterocycles. The summed E-state index contributed by atoms with van der Waals surface area (Å²) in [5.41, 5.74) is 4.36. The van der Waals surface area contributed by atoms with Gasteiger partial charge in [0.2, 0.25) is 5.91 Å². The Morgan fingerprint density at radius 2 is 1.93 bits per heavy atom. The van der Waals surface area contributed by atoms with Gasteiger partial charge >= 0.3 is 0 Å². The first kappa shape index (κ1) is 10.5. The predicted molar refractivity (Wildman–Crippen MR) is 56.7 cm³/mol. The van der Waals surface area contributed by atoms with Gasteiger partial charge in [0.1, 0.15) is 0 Å². The van der Waals surface area contributed by atoms with Gasteiger partial charge in [0.15, 0.2) is 0 Å². The maximum atomic E-state index is 11.4. The lowest BCUT2D eigenvalue weighted by Gasteiger charge is -2.10. The Hall–Kier alpha value is -1.55. The fourth-order valence-corrected chi connectivity index (χ4v) is 1.05. The van der Waals surface area contributed by atoms with Crippen molar-refractivity contribution in [2.75, 3.05) is 19.5 Å². The Balaban J connectivity index is 2.64. The molecule has 0 aliphatic rings. The maximum absolute atomic E-state index is 11.4. The van der Waals surface area contributed by atoms with Crippen LogP contribution in [0.2, 0.25) is 0 Å². The Morgan fingerprint density at radius 3 is 2.36 bits per heavy atom. The summed E-state index contributed by atoms with van der Waals surface area (Å²) in [6, 6.07) is 7.46. The van der Waals surface area contributed by atoms with E-state index in [4.69, 9.17) is 5.84 Å². The number of hydrogen-bond acceptors (Lipinski definition) is 3. The molecule has 0 spiro atoms. The van der Waals surface area contributed by atoms with Crippen LogP contribution in [0.5, 0.6) is 0 Å². The second kappa shape index (κ2) is 4.62. The van der Waals surface area contributed by atoms with Crippen LogP contribution in [0.25, 0.3) is 0 Å². The molecule has 1 aromatic rings. The predicted octanol–water partition coefficient (Wildman–Crippen LogP) is 0.603. The number of rotatable bonds is 3. The monoisotopic (exact) mass is 193 g/mol. The number of anilines is 1. The Bertz CT molecular complexity index is 306. The summed E-state index contributed by atoms with van der Waals surface area (Å²) in [6.07, 6.45) is 0.428. The zero-order valence-electron chi connectivity index (χ0n) is 8.45. The van der Waals surface area contributed by atoms with E-state index < -0.39 is 0 Å². The number of amides is 1. The molecule has 1 amide bonds. The SMILES string of the molecule is CN(C)C(=O)Cc1ccc(NN)cc1. The molecule has 0 radical (unpaired) electrons. The third kappa shape index (κ3) is 2.74. The number of carbonyl (C=O) groups excluding carboxylic acids is 1. The quantitative estimate of drug-likeness (QED) is 0.546. The van der Waals surface area contributed by atoms with E-state index in [0.29, 0.717) is 6.42 Å². The third-order valence-electron chi connectivity index (χ3n) is 1.97. The van der Waals surface area contributed by atoms with Gasteiger partial charge < -0.3 is 10.3 Å². The zero-order valence-corrected chi connectivity index (χ0v) is 8.45. The van der Waals surface area contributed by atoms with Crippen molar-refractivity contribution >= 4 is 11.6 Å². The van der Waals surface area contributed by atoms with Gasteiger partial charge in [-0.1, -0.05) is 12.1 Å². The number of nitrogen functional groups attached to an aromatic ring is 1. The van der Waals surface area contributed by atoms with Crippen LogP contribution < -0.4 is 11.3 Å². The average Bonchev–Trinajstić information content (AvgIpc) is 2.19. The lowest BCUT2D eigenvalue weighted by atomic mass is 10.1. The zero-order chi connectivity index (χ0) is 10.6. The largest absolute Gasteiger partial charge is 0.349 e. The van der Waals surface area contributed by atoms with Crippen molar-refractivity contribution in [2.24, 2.45) is 5.84 Å². The van der Waals surface area contributed by atoms with E-state index in [2.05, 4.69) is 5.43 Å². The van der Waals surface area contributed by atoms with Crippen LogP contribution in [-0.2, 0) is 11.2 Å². The topological polar surface area (TPSA) is 58.4 Å². The third-order valence-corrected chi connectivity index (χ3v) is 1.97. The van der Waals surface area contributed by atoms with Crippen LogP contribution >= 0.6 is 0 Å². The van der Waals surface area contributed by atoms with Gasteiger partial charge in [-0.3, -0.25) is 10.6 Å².